The number of nitrogens with zero attached hydrogens (tertiary/aromatic N) is 1. The summed E-state index contributed by atoms with van der Waals surface area (Å²) in [5, 5.41) is 2.35. The molecule has 0 N–H and O–H groups in total. The van der Waals surface area contributed by atoms with E-state index in [9.17, 15) is 0 Å². The summed E-state index contributed by atoms with van der Waals surface area (Å²) in [4.78, 5) is 0. The van der Waals surface area contributed by atoms with Gasteiger partial charge in [0, 0.05) is 13.0 Å². The maximum Gasteiger partial charge on any atom is 0.220 e. The molecule has 0 saturated heterocycles. The van der Waals surface area contributed by atoms with Gasteiger partial charge in [-0.05, 0) is 104 Å². The van der Waals surface area contributed by atoms with Crippen LogP contribution in [0.5, 0.6) is 0 Å². The summed E-state index contributed by atoms with van der Waals surface area (Å²) in [5.41, 5.74) is 10.5. The molecule has 1 heterocycles. The summed E-state index contributed by atoms with van der Waals surface area (Å²) < 4.78 is 11.2. The van der Waals surface area contributed by atoms with Crippen LogP contribution in [0.15, 0.2) is 30.3 Å². The second kappa shape index (κ2) is 6.69. The van der Waals surface area contributed by atoms with Gasteiger partial charge >= 0.3 is 0 Å². The Morgan fingerprint density at radius 3 is 2.41 bits per heavy atom. The van der Waals surface area contributed by atoms with Crippen LogP contribution in [0.3, 0.4) is 0 Å². The minimum Gasteiger partial charge on any atom is -0.198 e. The Kier molecular flexibility index (Phi) is 4.08. The average molecular weight is 386 g/mol. The number of pyridine rings is 1. The summed E-state index contributed by atoms with van der Waals surface area (Å²) in [6.07, 6.45) is 5.61. The lowest BCUT2D eigenvalue weighted by molar-refractivity contribution is -0.665. The average Bonchev–Trinajstić information content (AvgIpc) is 3.33. The number of hydrogen-bond acceptors (Lipinski definition) is 0. The van der Waals surface area contributed by atoms with Crippen LogP contribution < -0.4 is 4.57 Å². The Morgan fingerprint density at radius 1 is 0.931 bits per heavy atom. The topological polar surface area (TPSA) is 3.88 Å². The number of aryl methyl sites for hydroxylation is 3. The number of fused-ring (bicyclic) bond motifs is 3. The van der Waals surface area contributed by atoms with Crippen LogP contribution in [0.25, 0.3) is 22.0 Å². The zero-order chi connectivity index (χ0) is 21.3. The van der Waals surface area contributed by atoms with Gasteiger partial charge in [0.15, 0.2) is 5.69 Å². The van der Waals surface area contributed by atoms with E-state index in [2.05, 4.69) is 70.5 Å². The SMILES string of the molecule is [2H]c1c(C)[n+](C)c(-c2cc(C)cc(C)c2C)c2cc(C)c(C3CC4CCC3C4)cc12. The molecule has 0 spiro atoms. The minimum atomic E-state index is 0.683. The molecule has 0 amide bonds. The van der Waals surface area contributed by atoms with Crippen LogP contribution in [-0.4, -0.2) is 0 Å². The zero-order valence-corrected chi connectivity index (χ0v) is 18.8. The van der Waals surface area contributed by atoms with E-state index < -0.39 is 0 Å². The molecule has 2 fully saturated rings. The van der Waals surface area contributed by atoms with Gasteiger partial charge in [0.1, 0.15) is 7.05 Å². The zero-order valence-electron chi connectivity index (χ0n) is 19.8. The molecule has 2 aliphatic rings. The lowest BCUT2D eigenvalue weighted by atomic mass is 9.80. The van der Waals surface area contributed by atoms with Crippen LogP contribution in [0.2, 0.25) is 0 Å². The van der Waals surface area contributed by atoms with Crippen LogP contribution >= 0.6 is 0 Å². The predicted octanol–water partition coefficient (Wildman–Crippen LogP) is 6.78. The van der Waals surface area contributed by atoms with Crippen molar-refractivity contribution < 1.29 is 5.94 Å². The van der Waals surface area contributed by atoms with Crippen LogP contribution in [0.1, 0.15) is 66.5 Å². The summed E-state index contributed by atoms with van der Waals surface area (Å²) in [7, 11) is 2.12. The lowest BCUT2D eigenvalue weighted by Crippen LogP contribution is -2.35. The maximum atomic E-state index is 8.95. The van der Waals surface area contributed by atoms with Crippen molar-refractivity contribution in [2.45, 2.75) is 66.2 Å². The Bertz CT molecular complexity index is 1190. The Labute approximate surface area is 177 Å². The molecule has 1 heteroatoms. The van der Waals surface area contributed by atoms with Crippen molar-refractivity contribution in [2.75, 3.05) is 0 Å². The van der Waals surface area contributed by atoms with Gasteiger partial charge in [-0.25, -0.2) is 0 Å². The molecule has 1 nitrogen and oxygen atoms in total. The molecule has 2 aromatic carbocycles. The van der Waals surface area contributed by atoms with Crippen molar-refractivity contribution >= 4 is 10.8 Å². The Morgan fingerprint density at radius 2 is 1.72 bits per heavy atom. The molecule has 3 atom stereocenters. The highest BCUT2D eigenvalue weighted by Gasteiger charge is 2.40. The second-order valence-corrected chi connectivity index (χ2v) is 9.91. The van der Waals surface area contributed by atoms with Crippen molar-refractivity contribution in [3.8, 4) is 11.3 Å². The van der Waals surface area contributed by atoms with Gasteiger partial charge in [-0.2, -0.15) is 4.57 Å². The summed E-state index contributed by atoms with van der Waals surface area (Å²) >= 11 is 0. The molecule has 3 aromatic rings. The molecule has 150 valence electrons. The van der Waals surface area contributed by atoms with Crippen molar-refractivity contribution in [1.82, 2.24) is 0 Å². The largest absolute Gasteiger partial charge is 0.220 e. The smallest absolute Gasteiger partial charge is 0.198 e. The van der Waals surface area contributed by atoms with E-state index in [1.807, 2.05) is 0 Å². The van der Waals surface area contributed by atoms with Crippen LogP contribution in [-0.2, 0) is 7.05 Å². The molecular weight excluding hydrogens is 350 g/mol. The third-order valence-electron chi connectivity index (χ3n) is 8.02. The van der Waals surface area contributed by atoms with Gasteiger partial charge in [-0.15, -0.1) is 0 Å². The van der Waals surface area contributed by atoms with E-state index in [1.165, 1.54) is 70.1 Å². The van der Waals surface area contributed by atoms with E-state index in [-0.39, 0.29) is 0 Å². The van der Waals surface area contributed by atoms with Gasteiger partial charge in [0.05, 0.1) is 12.3 Å². The number of benzene rings is 2. The molecular formula is C28H34N+. The third-order valence-corrected chi connectivity index (χ3v) is 8.02. The van der Waals surface area contributed by atoms with Crippen LogP contribution in [0, 0.1) is 46.5 Å². The first-order valence-corrected chi connectivity index (χ1v) is 11.3. The molecule has 2 bridgehead atoms. The van der Waals surface area contributed by atoms with Gasteiger partial charge in [-0.1, -0.05) is 24.1 Å². The standard InChI is InChI=1S/C28H34N/c1-16-9-17(2)20(5)25(10-16)28-27-11-18(3)24(15-23(27)12-19(4)29(28)6)26-14-21-7-8-22(26)13-21/h9-12,15,21-22,26H,7-8,13-14H2,1-6H3/q+1/i12D. The lowest BCUT2D eigenvalue weighted by Gasteiger charge is -2.24. The molecule has 0 aliphatic heterocycles. The molecule has 2 saturated carbocycles. The fourth-order valence-corrected chi connectivity index (χ4v) is 6.29. The van der Waals surface area contributed by atoms with E-state index in [4.69, 9.17) is 1.37 Å². The van der Waals surface area contributed by atoms with Gasteiger partial charge in [0.25, 0.3) is 0 Å². The van der Waals surface area contributed by atoms with Gasteiger partial charge in [0.2, 0.25) is 5.69 Å². The highest BCUT2D eigenvalue weighted by atomic mass is 14.9. The Hall–Kier alpha value is -2.15. The van der Waals surface area contributed by atoms with E-state index in [1.54, 1.807) is 0 Å². The number of rotatable bonds is 2. The highest BCUT2D eigenvalue weighted by Crippen LogP contribution is 2.53. The molecule has 1 aromatic heterocycles. The monoisotopic (exact) mass is 385 g/mol. The van der Waals surface area contributed by atoms with Crippen LogP contribution in [0.4, 0.5) is 0 Å². The molecule has 0 radical (unpaired) electrons. The third kappa shape index (κ3) is 2.93. The fraction of sp³-hybridized carbons (Fsp3) is 0.464. The molecule has 29 heavy (non-hydrogen) atoms. The molecule has 5 rings (SSSR count). The first kappa shape index (κ1) is 17.7. The summed E-state index contributed by atoms with van der Waals surface area (Å²) in [6, 6.07) is 10.1. The first-order valence-electron chi connectivity index (χ1n) is 11.8. The second-order valence-electron chi connectivity index (χ2n) is 9.91. The highest BCUT2D eigenvalue weighted by molar-refractivity contribution is 5.95. The van der Waals surface area contributed by atoms with E-state index in [0.717, 1.165) is 22.9 Å². The molecule has 3 unspecified atom stereocenters. The fourth-order valence-electron chi connectivity index (χ4n) is 6.29. The van der Waals surface area contributed by atoms with Crippen molar-refractivity contribution in [2.24, 2.45) is 18.9 Å². The summed E-state index contributed by atoms with van der Waals surface area (Å²) in [5.74, 6) is 2.50. The Balaban J connectivity index is 1.80. The van der Waals surface area contributed by atoms with E-state index >= 15 is 0 Å². The normalized spacial score (nSPS) is 23.8. The first-order chi connectivity index (χ1) is 14.3. The molecule has 2 aliphatic carbocycles. The summed E-state index contributed by atoms with van der Waals surface area (Å²) in [6.45, 7) is 11.0. The van der Waals surface area contributed by atoms with E-state index in [0.29, 0.717) is 12.0 Å². The number of hydrogen-bond donors (Lipinski definition) is 0. The van der Waals surface area contributed by atoms with Crippen molar-refractivity contribution in [1.29, 1.82) is 0 Å². The van der Waals surface area contributed by atoms with Gasteiger partial charge in [-0.3, -0.25) is 0 Å². The minimum absolute atomic E-state index is 0.683. The van der Waals surface area contributed by atoms with Crippen molar-refractivity contribution in [3.05, 3.63) is 63.8 Å². The maximum absolute atomic E-state index is 8.95. The van der Waals surface area contributed by atoms with Crippen molar-refractivity contribution in [3.63, 3.8) is 0 Å². The predicted molar refractivity (Wildman–Crippen MR) is 122 cm³/mol. The number of aromatic nitrogens is 1. The quantitative estimate of drug-likeness (QED) is 0.428. The van der Waals surface area contributed by atoms with Gasteiger partial charge < -0.3 is 0 Å².